The average molecular weight is 234 g/mol. The molecule has 0 aliphatic carbocycles. The Labute approximate surface area is 100 Å². The maximum absolute atomic E-state index is 8.78. The lowest BCUT2D eigenvalue weighted by molar-refractivity contribution is 0.282. The molecule has 0 saturated heterocycles. The Kier molecular flexibility index (Phi) is 3.49. The van der Waals surface area contributed by atoms with Crippen LogP contribution in [0.2, 0.25) is 0 Å². The number of nitrogen functional groups attached to an aromatic ring is 1. The molecule has 0 aliphatic rings. The number of hydrogen-bond acceptors (Lipinski definition) is 4. The lowest BCUT2D eigenvalue weighted by Crippen LogP contribution is -2.16. The Morgan fingerprint density at radius 1 is 1.53 bits per heavy atom. The van der Waals surface area contributed by atoms with Gasteiger partial charge in [0.2, 0.25) is 0 Å². The zero-order chi connectivity index (χ0) is 12.3. The minimum absolute atomic E-state index is 0.223. The molecule has 5 N–H and O–H groups in total. The highest BCUT2D eigenvalue weighted by Gasteiger charge is 2.07. The second-order valence-electron chi connectivity index (χ2n) is 4.31. The lowest BCUT2D eigenvalue weighted by atomic mass is 10.1. The molecular formula is C12H18N4O. The van der Waals surface area contributed by atoms with Gasteiger partial charge < -0.3 is 16.2 Å². The van der Waals surface area contributed by atoms with E-state index in [9.17, 15) is 0 Å². The van der Waals surface area contributed by atoms with Crippen molar-refractivity contribution in [2.24, 2.45) is 0 Å². The maximum atomic E-state index is 8.78. The molecule has 0 aliphatic heterocycles. The van der Waals surface area contributed by atoms with Crippen LogP contribution >= 0.6 is 0 Å². The zero-order valence-corrected chi connectivity index (χ0v) is 9.90. The van der Waals surface area contributed by atoms with Gasteiger partial charge in [0.05, 0.1) is 23.1 Å². The molecule has 0 spiro atoms. The molecule has 1 aromatic carbocycles. The van der Waals surface area contributed by atoms with E-state index in [1.165, 1.54) is 0 Å². The van der Waals surface area contributed by atoms with E-state index in [0.717, 1.165) is 35.1 Å². The van der Waals surface area contributed by atoms with Gasteiger partial charge in [0.15, 0.2) is 0 Å². The van der Waals surface area contributed by atoms with Crippen LogP contribution in [0.25, 0.3) is 10.9 Å². The molecule has 1 unspecified atom stereocenters. The number of fused-ring (bicyclic) bond motifs is 1. The summed E-state index contributed by atoms with van der Waals surface area (Å²) >= 11 is 0. The van der Waals surface area contributed by atoms with Crippen LogP contribution in [0, 0.1) is 0 Å². The summed E-state index contributed by atoms with van der Waals surface area (Å²) in [5, 5.41) is 20.0. The molecule has 1 heterocycles. The van der Waals surface area contributed by atoms with Crippen LogP contribution in [-0.2, 0) is 0 Å². The van der Waals surface area contributed by atoms with Gasteiger partial charge >= 0.3 is 0 Å². The number of rotatable bonds is 5. The number of aliphatic hydroxyl groups excluding tert-OH is 1. The van der Waals surface area contributed by atoms with Crippen molar-refractivity contribution in [1.29, 1.82) is 0 Å². The average Bonchev–Trinajstić information content (AvgIpc) is 2.74. The third kappa shape index (κ3) is 2.68. The van der Waals surface area contributed by atoms with Gasteiger partial charge in [-0.2, -0.15) is 5.10 Å². The summed E-state index contributed by atoms with van der Waals surface area (Å²) in [7, 11) is 0. The molecule has 2 aromatic rings. The number of anilines is 2. The molecule has 0 radical (unpaired) electrons. The number of benzene rings is 1. The van der Waals surface area contributed by atoms with Crippen LogP contribution in [0.3, 0.4) is 0 Å². The molecule has 0 fully saturated rings. The zero-order valence-electron chi connectivity index (χ0n) is 9.90. The number of nitrogens with zero attached hydrogens (tertiary/aromatic N) is 1. The molecule has 5 nitrogen and oxygen atoms in total. The number of hydrogen-bond donors (Lipinski definition) is 4. The maximum Gasteiger partial charge on any atom is 0.0672 e. The number of nitrogens with one attached hydrogen (secondary N) is 2. The Hall–Kier alpha value is -1.75. The third-order valence-electron chi connectivity index (χ3n) is 2.81. The smallest absolute Gasteiger partial charge is 0.0672 e. The molecule has 1 atom stereocenters. The van der Waals surface area contributed by atoms with Crippen LogP contribution < -0.4 is 11.1 Å². The van der Waals surface area contributed by atoms with Crippen LogP contribution in [-0.4, -0.2) is 28.0 Å². The summed E-state index contributed by atoms with van der Waals surface area (Å²) in [5.41, 5.74) is 8.56. The Morgan fingerprint density at radius 3 is 3.12 bits per heavy atom. The molecule has 17 heavy (non-hydrogen) atoms. The van der Waals surface area contributed by atoms with Crippen molar-refractivity contribution in [1.82, 2.24) is 10.2 Å². The number of H-pyrrole nitrogens is 1. The Balaban J connectivity index is 2.14. The highest BCUT2D eigenvalue weighted by molar-refractivity contribution is 5.88. The van der Waals surface area contributed by atoms with Gasteiger partial charge in [-0.05, 0) is 31.9 Å². The quantitative estimate of drug-likeness (QED) is 0.593. The summed E-state index contributed by atoms with van der Waals surface area (Å²) in [6.07, 6.45) is 3.46. The topological polar surface area (TPSA) is 87.0 Å². The Bertz CT molecular complexity index is 494. The molecule has 0 bridgehead atoms. The van der Waals surface area contributed by atoms with Gasteiger partial charge in [-0.15, -0.1) is 0 Å². The minimum atomic E-state index is 0.223. The van der Waals surface area contributed by atoms with Gasteiger partial charge in [-0.1, -0.05) is 0 Å². The van der Waals surface area contributed by atoms with Crippen LogP contribution in [0.1, 0.15) is 19.8 Å². The lowest BCUT2D eigenvalue weighted by Gasteiger charge is -2.16. The van der Waals surface area contributed by atoms with E-state index in [1.807, 2.05) is 12.1 Å². The van der Waals surface area contributed by atoms with Gasteiger partial charge in [0, 0.05) is 18.0 Å². The molecular weight excluding hydrogens is 216 g/mol. The van der Waals surface area contributed by atoms with Crippen molar-refractivity contribution >= 4 is 22.3 Å². The first-order chi connectivity index (χ1) is 8.20. The summed E-state index contributed by atoms with van der Waals surface area (Å²) in [4.78, 5) is 0. The van der Waals surface area contributed by atoms with E-state index >= 15 is 0 Å². The second-order valence-corrected chi connectivity index (χ2v) is 4.31. The van der Waals surface area contributed by atoms with Gasteiger partial charge in [0.1, 0.15) is 0 Å². The largest absolute Gasteiger partial charge is 0.397 e. The summed E-state index contributed by atoms with van der Waals surface area (Å²) in [6.45, 7) is 2.30. The van der Waals surface area contributed by atoms with Crippen molar-refractivity contribution in [2.75, 3.05) is 17.7 Å². The normalized spacial score (nSPS) is 12.8. The summed E-state index contributed by atoms with van der Waals surface area (Å²) < 4.78 is 0. The van der Waals surface area contributed by atoms with Gasteiger partial charge in [0.25, 0.3) is 0 Å². The fourth-order valence-corrected chi connectivity index (χ4v) is 1.87. The predicted molar refractivity (Wildman–Crippen MR) is 69.9 cm³/mol. The van der Waals surface area contributed by atoms with Crippen LogP contribution in [0.5, 0.6) is 0 Å². The first-order valence-electron chi connectivity index (χ1n) is 5.80. The Morgan fingerprint density at radius 2 is 2.35 bits per heavy atom. The fourth-order valence-electron chi connectivity index (χ4n) is 1.87. The predicted octanol–water partition coefficient (Wildman–Crippen LogP) is 1.72. The van der Waals surface area contributed by atoms with E-state index in [2.05, 4.69) is 22.4 Å². The first-order valence-corrected chi connectivity index (χ1v) is 5.80. The minimum Gasteiger partial charge on any atom is -0.397 e. The standard InChI is InChI=1S/C12H18N4O/c1-8(3-2-4-17)15-12-6-11-9(5-10(12)13)7-14-16-11/h5-8,15,17H,2-4,13H2,1H3,(H,14,16). The number of nitrogens with two attached hydrogens (primary N) is 1. The highest BCUT2D eigenvalue weighted by atomic mass is 16.2. The molecule has 5 heteroatoms. The number of aromatic nitrogens is 2. The molecule has 2 rings (SSSR count). The van der Waals surface area contributed by atoms with Gasteiger partial charge in [-0.25, -0.2) is 0 Å². The van der Waals surface area contributed by atoms with Crippen molar-refractivity contribution < 1.29 is 5.11 Å². The van der Waals surface area contributed by atoms with Gasteiger partial charge in [-0.3, -0.25) is 5.10 Å². The van der Waals surface area contributed by atoms with Crippen molar-refractivity contribution in [3.63, 3.8) is 0 Å². The fraction of sp³-hybridized carbons (Fsp3) is 0.417. The molecule has 92 valence electrons. The van der Waals surface area contributed by atoms with Crippen LogP contribution in [0.15, 0.2) is 18.3 Å². The van der Waals surface area contributed by atoms with Crippen molar-refractivity contribution in [2.45, 2.75) is 25.8 Å². The summed E-state index contributed by atoms with van der Waals surface area (Å²) in [5.74, 6) is 0. The third-order valence-corrected chi connectivity index (χ3v) is 2.81. The van der Waals surface area contributed by atoms with Crippen molar-refractivity contribution in [3.05, 3.63) is 18.3 Å². The van der Waals surface area contributed by atoms with E-state index in [1.54, 1.807) is 6.20 Å². The second kappa shape index (κ2) is 5.05. The van der Waals surface area contributed by atoms with E-state index in [-0.39, 0.29) is 12.6 Å². The summed E-state index contributed by atoms with van der Waals surface area (Å²) in [6, 6.07) is 4.15. The van der Waals surface area contributed by atoms with Crippen LogP contribution in [0.4, 0.5) is 11.4 Å². The highest BCUT2D eigenvalue weighted by Crippen LogP contribution is 2.25. The van der Waals surface area contributed by atoms with Crippen molar-refractivity contribution in [3.8, 4) is 0 Å². The molecule has 1 aromatic heterocycles. The number of aliphatic hydroxyl groups is 1. The van der Waals surface area contributed by atoms with E-state index < -0.39 is 0 Å². The molecule has 0 saturated carbocycles. The monoisotopic (exact) mass is 234 g/mol. The first kappa shape index (κ1) is 11.7. The van der Waals surface area contributed by atoms with E-state index in [4.69, 9.17) is 10.8 Å². The van der Waals surface area contributed by atoms with E-state index in [0.29, 0.717) is 0 Å². The number of aromatic amines is 1. The molecule has 0 amide bonds. The SMILES string of the molecule is CC(CCCO)Nc1cc2[nH]ncc2cc1N.